The Labute approximate surface area is 106 Å². The third-order valence-corrected chi connectivity index (χ3v) is 2.41. The van der Waals surface area contributed by atoms with Gasteiger partial charge in [0.25, 0.3) is 5.91 Å². The number of hydrogen-bond acceptors (Lipinski definition) is 5. The summed E-state index contributed by atoms with van der Waals surface area (Å²) in [6.45, 7) is 8.85. The van der Waals surface area contributed by atoms with E-state index in [9.17, 15) is 9.59 Å². The Hall–Kier alpha value is -1.85. The summed E-state index contributed by atoms with van der Waals surface area (Å²) in [6, 6.07) is 0. The van der Waals surface area contributed by atoms with Gasteiger partial charge in [-0.25, -0.2) is 4.79 Å². The van der Waals surface area contributed by atoms with Crippen molar-refractivity contribution in [2.75, 3.05) is 12.3 Å². The monoisotopic (exact) mass is 253 g/mol. The molecular weight excluding hydrogens is 234 g/mol. The van der Waals surface area contributed by atoms with Crippen LogP contribution in [0.3, 0.4) is 0 Å². The maximum Gasteiger partial charge on any atom is 0.343 e. The Morgan fingerprint density at radius 2 is 1.94 bits per heavy atom. The molecule has 100 valence electrons. The van der Waals surface area contributed by atoms with E-state index in [2.05, 4.69) is 5.10 Å². The number of esters is 1. The predicted octanol–water partition coefficient (Wildman–Crippen LogP) is 1.64. The fourth-order valence-corrected chi connectivity index (χ4v) is 1.47. The van der Waals surface area contributed by atoms with Crippen molar-refractivity contribution in [3.05, 3.63) is 11.3 Å². The molecule has 0 radical (unpaired) electrons. The Morgan fingerprint density at radius 3 is 2.39 bits per heavy atom. The molecule has 0 amide bonds. The Balaban J connectivity index is 3.24. The molecule has 0 saturated carbocycles. The van der Waals surface area contributed by atoms with Crippen LogP contribution in [0.2, 0.25) is 0 Å². The first-order valence-corrected chi connectivity index (χ1v) is 5.77. The minimum atomic E-state index is -0.626. The van der Waals surface area contributed by atoms with Gasteiger partial charge in [0.2, 0.25) is 0 Å². The standard InChI is InChI=1S/C12H19N3O3/c1-6-18-10(16)8-7(2)14-15(9(8)13)11(17)12(3,4)5/h6,13H2,1-5H3. The molecule has 1 aromatic rings. The minimum absolute atomic E-state index is 0.0332. The van der Waals surface area contributed by atoms with Crippen LogP contribution >= 0.6 is 0 Å². The fraction of sp³-hybridized carbons (Fsp3) is 0.583. The molecule has 0 atom stereocenters. The highest BCUT2D eigenvalue weighted by Gasteiger charge is 2.29. The average Bonchev–Trinajstić information content (AvgIpc) is 2.52. The Morgan fingerprint density at radius 1 is 1.39 bits per heavy atom. The summed E-state index contributed by atoms with van der Waals surface area (Å²) in [5.74, 6) is -0.787. The summed E-state index contributed by atoms with van der Waals surface area (Å²) >= 11 is 0. The number of carbonyl (C=O) groups excluding carboxylic acids is 2. The SMILES string of the molecule is CCOC(=O)c1c(C)nn(C(=O)C(C)(C)C)c1N. The largest absolute Gasteiger partial charge is 0.462 e. The summed E-state index contributed by atoms with van der Waals surface area (Å²) in [5, 5.41) is 4.02. The van der Waals surface area contributed by atoms with Crippen LogP contribution in [0.5, 0.6) is 0 Å². The van der Waals surface area contributed by atoms with Crippen molar-refractivity contribution in [2.45, 2.75) is 34.6 Å². The number of hydrogen-bond donors (Lipinski definition) is 1. The molecule has 2 N–H and O–H groups in total. The van der Waals surface area contributed by atoms with Gasteiger partial charge in [-0.05, 0) is 13.8 Å². The van der Waals surface area contributed by atoms with E-state index in [1.54, 1.807) is 34.6 Å². The maximum atomic E-state index is 12.1. The van der Waals surface area contributed by atoms with Crippen LogP contribution in [0.1, 0.15) is 48.5 Å². The number of ether oxygens (including phenoxy) is 1. The van der Waals surface area contributed by atoms with E-state index in [1.165, 1.54) is 0 Å². The number of nitrogens with zero attached hydrogens (tertiary/aromatic N) is 2. The van der Waals surface area contributed by atoms with Gasteiger partial charge in [-0.15, -0.1) is 0 Å². The van der Waals surface area contributed by atoms with Gasteiger partial charge in [0.15, 0.2) is 0 Å². The third-order valence-electron chi connectivity index (χ3n) is 2.41. The zero-order valence-corrected chi connectivity index (χ0v) is 11.4. The fourth-order valence-electron chi connectivity index (χ4n) is 1.47. The molecule has 0 saturated heterocycles. The van der Waals surface area contributed by atoms with E-state index in [1.807, 2.05) is 0 Å². The highest BCUT2D eigenvalue weighted by Crippen LogP contribution is 2.23. The van der Waals surface area contributed by atoms with Crippen molar-refractivity contribution in [3.8, 4) is 0 Å². The van der Waals surface area contributed by atoms with E-state index < -0.39 is 11.4 Å². The number of aryl methyl sites for hydroxylation is 1. The van der Waals surface area contributed by atoms with Crippen LogP contribution in [-0.2, 0) is 4.74 Å². The number of nitrogens with two attached hydrogens (primary N) is 1. The molecule has 0 unspecified atom stereocenters. The lowest BCUT2D eigenvalue weighted by Gasteiger charge is -2.16. The summed E-state index contributed by atoms with van der Waals surface area (Å²) in [5.41, 5.74) is 5.74. The second-order valence-corrected chi connectivity index (χ2v) is 5.03. The molecule has 0 fully saturated rings. The molecule has 6 nitrogen and oxygen atoms in total. The minimum Gasteiger partial charge on any atom is -0.462 e. The van der Waals surface area contributed by atoms with Gasteiger partial charge in [-0.1, -0.05) is 20.8 Å². The molecule has 18 heavy (non-hydrogen) atoms. The molecule has 0 aliphatic heterocycles. The molecule has 0 spiro atoms. The smallest absolute Gasteiger partial charge is 0.343 e. The van der Waals surface area contributed by atoms with Crippen molar-refractivity contribution < 1.29 is 14.3 Å². The van der Waals surface area contributed by atoms with Crippen LogP contribution in [0.15, 0.2) is 0 Å². The Kier molecular flexibility index (Phi) is 3.79. The molecule has 0 aliphatic carbocycles. The highest BCUT2D eigenvalue weighted by molar-refractivity contribution is 5.98. The van der Waals surface area contributed by atoms with Crippen molar-refractivity contribution >= 4 is 17.7 Å². The molecule has 1 aromatic heterocycles. The van der Waals surface area contributed by atoms with E-state index in [-0.39, 0.29) is 23.9 Å². The van der Waals surface area contributed by atoms with Gasteiger partial charge in [-0.2, -0.15) is 9.78 Å². The van der Waals surface area contributed by atoms with Crippen molar-refractivity contribution in [3.63, 3.8) is 0 Å². The number of rotatable bonds is 2. The molecule has 1 heterocycles. The van der Waals surface area contributed by atoms with Gasteiger partial charge in [0, 0.05) is 5.41 Å². The molecule has 6 heteroatoms. The quantitative estimate of drug-likeness (QED) is 0.809. The van der Waals surface area contributed by atoms with Gasteiger partial charge in [0.1, 0.15) is 11.4 Å². The topological polar surface area (TPSA) is 87.2 Å². The summed E-state index contributed by atoms with van der Waals surface area (Å²) in [6.07, 6.45) is 0. The number of nitrogen functional groups attached to an aromatic ring is 1. The second-order valence-electron chi connectivity index (χ2n) is 5.03. The highest BCUT2D eigenvalue weighted by atomic mass is 16.5. The normalized spacial score (nSPS) is 11.4. The first-order valence-electron chi connectivity index (χ1n) is 5.77. The molecule has 0 aromatic carbocycles. The molecule has 1 rings (SSSR count). The van der Waals surface area contributed by atoms with Crippen LogP contribution in [-0.4, -0.2) is 28.3 Å². The van der Waals surface area contributed by atoms with Crippen molar-refractivity contribution in [2.24, 2.45) is 5.41 Å². The van der Waals surface area contributed by atoms with Crippen LogP contribution in [0.4, 0.5) is 5.82 Å². The van der Waals surface area contributed by atoms with Crippen LogP contribution in [0.25, 0.3) is 0 Å². The van der Waals surface area contributed by atoms with E-state index >= 15 is 0 Å². The number of aromatic nitrogens is 2. The molecular formula is C12H19N3O3. The maximum absolute atomic E-state index is 12.1. The lowest BCUT2D eigenvalue weighted by Crippen LogP contribution is -2.29. The summed E-state index contributed by atoms with van der Waals surface area (Å²) in [4.78, 5) is 23.8. The van der Waals surface area contributed by atoms with Crippen LogP contribution in [0, 0.1) is 12.3 Å². The van der Waals surface area contributed by atoms with Gasteiger partial charge >= 0.3 is 5.97 Å². The van der Waals surface area contributed by atoms with E-state index in [4.69, 9.17) is 10.5 Å². The molecule has 0 aliphatic rings. The zero-order chi connectivity index (χ0) is 14.1. The number of anilines is 1. The predicted molar refractivity (Wildman–Crippen MR) is 67.4 cm³/mol. The lowest BCUT2D eigenvalue weighted by molar-refractivity contribution is 0.0527. The summed E-state index contributed by atoms with van der Waals surface area (Å²) < 4.78 is 5.96. The summed E-state index contributed by atoms with van der Waals surface area (Å²) in [7, 11) is 0. The van der Waals surface area contributed by atoms with E-state index in [0.29, 0.717) is 5.69 Å². The zero-order valence-electron chi connectivity index (χ0n) is 11.4. The van der Waals surface area contributed by atoms with Gasteiger partial charge in [0.05, 0.1) is 12.3 Å². The molecule has 0 bridgehead atoms. The lowest BCUT2D eigenvalue weighted by atomic mass is 9.96. The average molecular weight is 253 g/mol. The number of carbonyl (C=O) groups is 2. The Bertz CT molecular complexity index is 483. The van der Waals surface area contributed by atoms with E-state index in [0.717, 1.165) is 4.68 Å². The van der Waals surface area contributed by atoms with Gasteiger partial charge < -0.3 is 10.5 Å². The second kappa shape index (κ2) is 4.80. The van der Waals surface area contributed by atoms with Crippen molar-refractivity contribution in [1.82, 2.24) is 9.78 Å². The van der Waals surface area contributed by atoms with Crippen LogP contribution < -0.4 is 5.73 Å². The third kappa shape index (κ3) is 2.52. The van der Waals surface area contributed by atoms with Crippen molar-refractivity contribution in [1.29, 1.82) is 0 Å². The van der Waals surface area contributed by atoms with Gasteiger partial charge in [-0.3, -0.25) is 4.79 Å². The first-order chi connectivity index (χ1) is 8.20. The first kappa shape index (κ1) is 14.2.